The molecule has 0 bridgehead atoms. The fourth-order valence-electron chi connectivity index (χ4n) is 5.19. The summed E-state index contributed by atoms with van der Waals surface area (Å²) in [4.78, 5) is 21.4. The van der Waals surface area contributed by atoms with Crippen LogP contribution in [-0.4, -0.2) is 26.5 Å². The minimum absolute atomic E-state index is 0.00348. The summed E-state index contributed by atoms with van der Waals surface area (Å²) in [7, 11) is 0. The van der Waals surface area contributed by atoms with Crippen molar-refractivity contribution < 1.29 is 4.79 Å². The van der Waals surface area contributed by atoms with Crippen molar-refractivity contribution in [2.24, 2.45) is 17.8 Å². The number of carbonyl (C=O) groups excluding carboxylic acids is 1. The molecule has 2 aliphatic carbocycles. The van der Waals surface area contributed by atoms with E-state index in [0.29, 0.717) is 34.4 Å². The highest BCUT2D eigenvalue weighted by molar-refractivity contribution is 6.30. The molecule has 5 nitrogen and oxygen atoms in total. The van der Waals surface area contributed by atoms with Gasteiger partial charge in [0.05, 0.1) is 0 Å². The molecule has 144 valence electrons. The molecule has 1 aromatic rings. The Hall–Kier alpha value is -2.40. The molecule has 2 heterocycles. The third-order valence-electron chi connectivity index (χ3n) is 6.56. The maximum Gasteiger partial charge on any atom is 0.251 e. The highest BCUT2D eigenvalue weighted by Gasteiger charge is 2.59. The normalized spacial score (nSPS) is 26.8. The fourth-order valence-corrected chi connectivity index (χ4v) is 5.31. The van der Waals surface area contributed by atoms with Crippen molar-refractivity contribution in [3.8, 4) is 11.5 Å². The number of halogens is 1. The maximum absolute atomic E-state index is 12.6. The van der Waals surface area contributed by atoms with Gasteiger partial charge < -0.3 is 9.88 Å². The van der Waals surface area contributed by atoms with E-state index in [0.717, 1.165) is 30.8 Å². The average molecular weight is 395 g/mol. The number of amides is 1. The number of hydrogen-bond donors (Lipinski definition) is 1. The first-order chi connectivity index (χ1) is 13.7. The molecule has 1 aromatic carbocycles. The van der Waals surface area contributed by atoms with Crippen LogP contribution < -0.4 is 5.32 Å². The third kappa shape index (κ3) is 2.98. The van der Waals surface area contributed by atoms with Gasteiger partial charge >= 0.3 is 0 Å². The third-order valence-corrected chi connectivity index (χ3v) is 6.81. The molecule has 0 aromatic heterocycles. The number of pyridine rings is 1. The first kappa shape index (κ1) is 17.7. The monoisotopic (exact) mass is 394 g/mol. The maximum atomic E-state index is 12.6. The van der Waals surface area contributed by atoms with Gasteiger partial charge in [-0.25, -0.2) is 9.97 Å². The highest BCUT2D eigenvalue weighted by Crippen LogP contribution is 2.62. The van der Waals surface area contributed by atoms with Crippen LogP contribution in [0.3, 0.4) is 0 Å². The van der Waals surface area contributed by atoms with E-state index in [1.54, 1.807) is 30.6 Å². The molecular formula is C22H23ClN4O. The number of nitrogens with zero attached hydrogens (tertiary/aromatic N) is 3. The van der Waals surface area contributed by atoms with Crippen molar-refractivity contribution in [1.82, 2.24) is 19.9 Å². The van der Waals surface area contributed by atoms with Crippen molar-refractivity contribution in [1.29, 1.82) is 0 Å². The summed E-state index contributed by atoms with van der Waals surface area (Å²) in [5.41, 5.74) is 1.63. The molecule has 5 atom stereocenters. The molecule has 4 aliphatic rings. The lowest BCUT2D eigenvalue weighted by molar-refractivity contribution is 0.0927. The van der Waals surface area contributed by atoms with Gasteiger partial charge in [0.15, 0.2) is 5.82 Å². The van der Waals surface area contributed by atoms with E-state index in [1.807, 2.05) is 6.07 Å². The molecule has 6 heteroatoms. The van der Waals surface area contributed by atoms with E-state index in [9.17, 15) is 4.79 Å². The van der Waals surface area contributed by atoms with Gasteiger partial charge in [-0.1, -0.05) is 18.5 Å². The summed E-state index contributed by atoms with van der Waals surface area (Å²) in [6.07, 6.45) is 7.03. The number of benzene rings is 1. The number of rotatable bonds is 5. The Bertz CT molecular complexity index is 957. The average Bonchev–Trinajstić information content (AvgIpc) is 3.06. The van der Waals surface area contributed by atoms with E-state index in [-0.39, 0.29) is 11.9 Å². The smallest absolute Gasteiger partial charge is 0.251 e. The van der Waals surface area contributed by atoms with Crippen LogP contribution in [-0.2, 0) is 0 Å². The van der Waals surface area contributed by atoms with Crippen LogP contribution in [0.4, 0.5) is 0 Å². The van der Waals surface area contributed by atoms with E-state index >= 15 is 0 Å². The summed E-state index contributed by atoms with van der Waals surface area (Å²) >= 11 is 5.93. The molecule has 0 saturated heterocycles. The van der Waals surface area contributed by atoms with Gasteiger partial charge in [0.1, 0.15) is 12.0 Å². The number of aromatic nitrogens is 3. The molecule has 0 radical (unpaired) electrons. The Kier molecular flexibility index (Phi) is 4.35. The molecule has 5 rings (SSSR count). The summed E-state index contributed by atoms with van der Waals surface area (Å²) in [5, 5.41) is 3.91. The van der Waals surface area contributed by atoms with E-state index in [4.69, 9.17) is 11.6 Å². The van der Waals surface area contributed by atoms with Crippen LogP contribution in [0.1, 0.15) is 42.6 Å². The van der Waals surface area contributed by atoms with Crippen LogP contribution in [0.2, 0.25) is 5.02 Å². The Morgan fingerprint density at radius 2 is 1.96 bits per heavy atom. The number of nitrogens with one attached hydrogen (secondary N) is 1. The lowest BCUT2D eigenvalue weighted by Gasteiger charge is -2.24. The van der Waals surface area contributed by atoms with Crippen LogP contribution >= 0.6 is 11.6 Å². The predicted molar refractivity (Wildman–Crippen MR) is 108 cm³/mol. The molecule has 0 spiro atoms. The topological polar surface area (TPSA) is 59.8 Å². The number of hydrogen-bond acceptors (Lipinski definition) is 3. The molecule has 1 N–H and O–H groups in total. The zero-order valence-corrected chi connectivity index (χ0v) is 16.5. The number of carbonyl (C=O) groups is 1. The Labute approximate surface area is 169 Å². The molecular weight excluding hydrogens is 372 g/mol. The SMILES string of the molecule is CCC(NC(=O)c1ccc(Cl)cc1)[C@H]1[C@@H]2C[C@@H](n3cccc4ncnc3-4)C[C@@H]21. The zero-order valence-electron chi connectivity index (χ0n) is 15.8. The summed E-state index contributed by atoms with van der Waals surface area (Å²) in [6, 6.07) is 11.9. The van der Waals surface area contributed by atoms with Crippen LogP contribution in [0.15, 0.2) is 48.9 Å². The second-order valence-corrected chi connectivity index (χ2v) is 8.46. The predicted octanol–water partition coefficient (Wildman–Crippen LogP) is 4.44. The van der Waals surface area contributed by atoms with Crippen LogP contribution in [0.5, 0.6) is 0 Å². The fraction of sp³-hybridized carbons (Fsp3) is 0.409. The minimum Gasteiger partial charge on any atom is -0.349 e. The van der Waals surface area contributed by atoms with Crippen molar-refractivity contribution in [3.63, 3.8) is 0 Å². The lowest BCUT2D eigenvalue weighted by atomic mass is 9.98. The Morgan fingerprint density at radius 1 is 1.21 bits per heavy atom. The second kappa shape index (κ2) is 6.89. The summed E-state index contributed by atoms with van der Waals surface area (Å²) in [5.74, 6) is 2.94. The van der Waals surface area contributed by atoms with E-state index in [1.165, 1.54) is 0 Å². The van der Waals surface area contributed by atoms with Gasteiger partial charge in [0.25, 0.3) is 5.91 Å². The Morgan fingerprint density at radius 3 is 2.68 bits per heavy atom. The molecule has 2 aliphatic heterocycles. The van der Waals surface area contributed by atoms with Gasteiger partial charge in [0.2, 0.25) is 0 Å². The number of imidazole rings is 1. The van der Waals surface area contributed by atoms with Gasteiger partial charge in [-0.05, 0) is 73.4 Å². The number of fused-ring (bicyclic) bond motifs is 2. The zero-order chi connectivity index (χ0) is 19.3. The molecule has 2 saturated carbocycles. The first-order valence-corrected chi connectivity index (χ1v) is 10.4. The van der Waals surface area contributed by atoms with E-state index in [2.05, 4.69) is 39.0 Å². The van der Waals surface area contributed by atoms with Crippen molar-refractivity contribution in [2.75, 3.05) is 0 Å². The van der Waals surface area contributed by atoms with Crippen LogP contribution in [0, 0.1) is 17.8 Å². The van der Waals surface area contributed by atoms with Crippen molar-refractivity contribution in [3.05, 3.63) is 59.5 Å². The summed E-state index contributed by atoms with van der Waals surface area (Å²) < 4.78 is 2.29. The van der Waals surface area contributed by atoms with Crippen molar-refractivity contribution in [2.45, 2.75) is 38.3 Å². The second-order valence-electron chi connectivity index (χ2n) is 8.02. The highest BCUT2D eigenvalue weighted by atomic mass is 35.5. The largest absolute Gasteiger partial charge is 0.349 e. The first-order valence-electron chi connectivity index (χ1n) is 9.99. The Balaban J connectivity index is 1.24. The quantitative estimate of drug-likeness (QED) is 0.695. The summed E-state index contributed by atoms with van der Waals surface area (Å²) in [6.45, 7) is 2.16. The van der Waals surface area contributed by atoms with Crippen molar-refractivity contribution >= 4 is 17.5 Å². The standard InChI is InChI=1S/C22H23ClN4O/c1-2-18(26-22(28)13-5-7-14(23)8-6-13)20-16-10-15(11-17(16)20)27-9-3-4-19-21(27)25-12-24-19/h3-9,12,15-18,20H,2,10-11H2,1H3,(H,26,28)/t15-,16-,17+,18?,20+. The lowest BCUT2D eigenvalue weighted by Crippen LogP contribution is -2.37. The minimum atomic E-state index is -0.00348. The van der Waals surface area contributed by atoms with Gasteiger partial charge in [-0.3, -0.25) is 4.79 Å². The van der Waals surface area contributed by atoms with E-state index < -0.39 is 0 Å². The van der Waals surface area contributed by atoms with Gasteiger partial charge in [-0.15, -0.1) is 0 Å². The molecule has 1 amide bonds. The molecule has 28 heavy (non-hydrogen) atoms. The van der Waals surface area contributed by atoms with Crippen LogP contribution in [0.25, 0.3) is 11.5 Å². The van der Waals surface area contributed by atoms with Gasteiger partial charge in [-0.2, -0.15) is 0 Å². The molecule has 1 unspecified atom stereocenters. The molecule has 2 fully saturated rings. The van der Waals surface area contributed by atoms with Gasteiger partial charge in [0, 0.05) is 28.9 Å².